The number of esters is 8. The molecule has 10 atom stereocenters. The van der Waals surface area contributed by atoms with Crippen molar-refractivity contribution >= 4 is 47.8 Å². The average Bonchev–Trinajstić information content (AvgIpc) is 2.91. The summed E-state index contributed by atoms with van der Waals surface area (Å²) < 4.78 is 60.2. The molecule has 264 valence electrons. The highest BCUT2D eigenvalue weighted by atomic mass is 16.8. The van der Waals surface area contributed by atoms with Gasteiger partial charge in [-0.2, -0.15) is 0 Å². The highest BCUT2D eigenvalue weighted by Gasteiger charge is 2.58. The lowest BCUT2D eigenvalue weighted by Crippen LogP contribution is -2.67. The quantitative estimate of drug-likeness (QED) is 0.181. The van der Waals surface area contributed by atoms with Gasteiger partial charge < -0.3 is 52.1 Å². The molecule has 0 saturated carbocycles. The molecule has 0 spiro atoms. The topological polar surface area (TPSA) is 238 Å². The minimum absolute atomic E-state index is 0.561. The molecule has 19 heteroatoms. The molecule has 0 unspecified atom stereocenters. The minimum Gasteiger partial charge on any atom is -0.463 e. The Morgan fingerprint density at radius 1 is 0.383 bits per heavy atom. The lowest BCUT2D eigenvalue weighted by atomic mass is 9.96. The Balaban J connectivity index is 2.72. The first-order chi connectivity index (χ1) is 21.9. The van der Waals surface area contributed by atoms with Crippen LogP contribution in [0.1, 0.15) is 55.4 Å². The van der Waals surface area contributed by atoms with Crippen molar-refractivity contribution in [2.75, 3.05) is 13.2 Å². The first kappa shape index (κ1) is 38.8. The Bertz CT molecular complexity index is 1200. The zero-order chi connectivity index (χ0) is 35.6. The van der Waals surface area contributed by atoms with E-state index in [0.29, 0.717) is 0 Å². The monoisotopic (exact) mass is 678 g/mol. The second-order valence-corrected chi connectivity index (χ2v) is 10.3. The van der Waals surface area contributed by atoms with Crippen LogP contribution in [0.2, 0.25) is 0 Å². The van der Waals surface area contributed by atoms with Crippen LogP contribution in [-0.2, 0) is 90.5 Å². The third-order valence-corrected chi connectivity index (χ3v) is 6.17. The number of carbonyl (C=O) groups is 8. The first-order valence-corrected chi connectivity index (χ1v) is 14.2. The molecule has 2 aliphatic rings. The summed E-state index contributed by atoms with van der Waals surface area (Å²) in [5.41, 5.74) is 0. The molecule has 0 amide bonds. The van der Waals surface area contributed by atoms with Crippen molar-refractivity contribution in [3.8, 4) is 0 Å². The molecular formula is C28H38O19. The first-order valence-electron chi connectivity index (χ1n) is 14.2. The van der Waals surface area contributed by atoms with E-state index in [1.54, 1.807) is 0 Å². The summed E-state index contributed by atoms with van der Waals surface area (Å²) in [6.45, 7) is 7.10. The van der Waals surface area contributed by atoms with Crippen molar-refractivity contribution in [3.63, 3.8) is 0 Å². The third kappa shape index (κ3) is 12.1. The van der Waals surface area contributed by atoms with Gasteiger partial charge in [0.15, 0.2) is 42.9 Å². The molecule has 0 bridgehead atoms. The highest BCUT2D eigenvalue weighted by Crippen LogP contribution is 2.35. The van der Waals surface area contributed by atoms with E-state index < -0.39 is 122 Å². The zero-order valence-electron chi connectivity index (χ0n) is 26.9. The number of hydrogen-bond donors (Lipinski definition) is 0. The smallest absolute Gasteiger partial charge is 0.305 e. The Morgan fingerprint density at radius 2 is 0.702 bits per heavy atom. The summed E-state index contributed by atoms with van der Waals surface area (Å²) in [6.07, 6.45) is -16.4. The molecule has 2 heterocycles. The summed E-state index contributed by atoms with van der Waals surface area (Å²) in [5, 5.41) is 0. The van der Waals surface area contributed by atoms with Gasteiger partial charge in [0.2, 0.25) is 6.29 Å². The van der Waals surface area contributed by atoms with E-state index in [0.717, 1.165) is 55.4 Å². The molecule has 0 aromatic rings. The van der Waals surface area contributed by atoms with Crippen LogP contribution in [0.3, 0.4) is 0 Å². The number of hydrogen-bond acceptors (Lipinski definition) is 19. The van der Waals surface area contributed by atoms with Crippen molar-refractivity contribution in [1.82, 2.24) is 0 Å². The van der Waals surface area contributed by atoms with E-state index in [1.807, 2.05) is 0 Å². The highest BCUT2D eigenvalue weighted by molar-refractivity contribution is 5.69. The lowest BCUT2D eigenvalue weighted by Gasteiger charge is -2.48. The summed E-state index contributed by atoms with van der Waals surface area (Å²) in [5.74, 6) is -7.02. The van der Waals surface area contributed by atoms with Crippen molar-refractivity contribution < 1.29 is 90.5 Å². The summed E-state index contributed by atoms with van der Waals surface area (Å²) in [7, 11) is 0. The SMILES string of the molecule is CC(=O)OC[C@H]1O[C@H](O[C@@H]2[C@H](OC(C)=O)O[C@H](COC(C)=O)[C@@H](OC(C)=O)[C@@H]2OC(C)=O)[C@@H](OC(C)=O)[C@@H](OC(C)=O)[C@@H]1OC(C)=O. The minimum atomic E-state index is -1.86. The number of rotatable bonds is 12. The van der Waals surface area contributed by atoms with E-state index in [9.17, 15) is 38.4 Å². The fraction of sp³-hybridized carbons (Fsp3) is 0.714. The fourth-order valence-corrected chi connectivity index (χ4v) is 4.73. The van der Waals surface area contributed by atoms with E-state index >= 15 is 0 Å². The molecule has 0 aliphatic carbocycles. The van der Waals surface area contributed by atoms with Gasteiger partial charge in [-0.25, -0.2) is 0 Å². The second-order valence-electron chi connectivity index (χ2n) is 10.3. The van der Waals surface area contributed by atoms with Crippen LogP contribution < -0.4 is 0 Å². The van der Waals surface area contributed by atoms with Crippen molar-refractivity contribution in [2.24, 2.45) is 0 Å². The van der Waals surface area contributed by atoms with Gasteiger partial charge in [-0.3, -0.25) is 38.4 Å². The van der Waals surface area contributed by atoms with E-state index in [1.165, 1.54) is 0 Å². The van der Waals surface area contributed by atoms with Crippen LogP contribution in [0.25, 0.3) is 0 Å². The molecule has 47 heavy (non-hydrogen) atoms. The van der Waals surface area contributed by atoms with Gasteiger partial charge in [-0.05, 0) is 0 Å². The van der Waals surface area contributed by atoms with E-state index in [4.69, 9.17) is 52.1 Å². The van der Waals surface area contributed by atoms with Gasteiger partial charge in [-0.15, -0.1) is 0 Å². The predicted octanol–water partition coefficient (Wildman–Crippen LogP) is -0.831. The number of carbonyl (C=O) groups excluding carboxylic acids is 8. The zero-order valence-corrected chi connectivity index (χ0v) is 26.9. The van der Waals surface area contributed by atoms with Crippen LogP contribution in [-0.4, -0.2) is 122 Å². The largest absolute Gasteiger partial charge is 0.463 e. The van der Waals surface area contributed by atoms with Crippen LogP contribution >= 0.6 is 0 Å². The van der Waals surface area contributed by atoms with Crippen LogP contribution in [0, 0.1) is 0 Å². The normalized spacial score (nSPS) is 30.0. The van der Waals surface area contributed by atoms with Crippen molar-refractivity contribution in [1.29, 1.82) is 0 Å². The molecule has 19 nitrogen and oxygen atoms in total. The van der Waals surface area contributed by atoms with Gasteiger partial charge >= 0.3 is 47.8 Å². The van der Waals surface area contributed by atoms with Gasteiger partial charge in [0.05, 0.1) is 0 Å². The Hall–Kier alpha value is -4.36. The fourth-order valence-electron chi connectivity index (χ4n) is 4.73. The Labute approximate surface area is 268 Å². The molecule has 0 aromatic carbocycles. The van der Waals surface area contributed by atoms with Crippen LogP contribution in [0.15, 0.2) is 0 Å². The molecule has 0 N–H and O–H groups in total. The van der Waals surface area contributed by atoms with E-state index in [-0.39, 0.29) is 0 Å². The predicted molar refractivity (Wildman–Crippen MR) is 145 cm³/mol. The molecule has 2 aliphatic heterocycles. The van der Waals surface area contributed by atoms with Gasteiger partial charge in [0.1, 0.15) is 25.4 Å². The molecule has 0 radical (unpaired) electrons. The summed E-state index contributed by atoms with van der Waals surface area (Å²) in [4.78, 5) is 96.3. The Kier molecular flexibility index (Phi) is 14.5. The maximum atomic E-state index is 12.3. The second kappa shape index (κ2) is 17.5. The lowest BCUT2D eigenvalue weighted by molar-refractivity contribution is -0.363. The van der Waals surface area contributed by atoms with Crippen molar-refractivity contribution in [2.45, 2.75) is 117 Å². The average molecular weight is 679 g/mol. The molecule has 2 saturated heterocycles. The Morgan fingerprint density at radius 3 is 1.06 bits per heavy atom. The van der Waals surface area contributed by atoms with Crippen LogP contribution in [0.5, 0.6) is 0 Å². The van der Waals surface area contributed by atoms with Gasteiger partial charge in [0, 0.05) is 55.4 Å². The number of ether oxygens (including phenoxy) is 11. The summed E-state index contributed by atoms with van der Waals surface area (Å²) >= 11 is 0. The maximum absolute atomic E-state index is 12.3. The third-order valence-electron chi connectivity index (χ3n) is 6.17. The standard InChI is InChI=1S/C28H38O19/c1-11(29)37-9-19-22(40-14(4)32)24(42-16(6)34)26(27(45-19)44-18(8)36)47-28-25(43-17(7)35)23(41-15(5)33)21(39-13(3)31)20(46-28)10-38-12(2)30/h19-28H,9-10H2,1-8H3/t19-,20-,21-,22-,23+,24+,25+,26+,27-,28-/m1/s1. The molecule has 2 fully saturated rings. The molecular weight excluding hydrogens is 640 g/mol. The molecule has 2 rings (SSSR count). The van der Waals surface area contributed by atoms with Crippen LogP contribution in [0.4, 0.5) is 0 Å². The maximum Gasteiger partial charge on any atom is 0.305 e. The molecule has 0 aromatic heterocycles. The van der Waals surface area contributed by atoms with E-state index in [2.05, 4.69) is 0 Å². The van der Waals surface area contributed by atoms with Gasteiger partial charge in [-0.1, -0.05) is 0 Å². The van der Waals surface area contributed by atoms with Crippen molar-refractivity contribution in [3.05, 3.63) is 0 Å². The summed E-state index contributed by atoms with van der Waals surface area (Å²) in [6, 6.07) is 0. The van der Waals surface area contributed by atoms with Gasteiger partial charge in [0.25, 0.3) is 0 Å².